The van der Waals surface area contributed by atoms with Gasteiger partial charge in [-0.3, -0.25) is 0 Å². The van der Waals surface area contributed by atoms with Gasteiger partial charge in [-0.05, 0) is 49.6 Å². The molecule has 3 aromatic rings. The van der Waals surface area contributed by atoms with E-state index in [4.69, 9.17) is 9.15 Å². The maximum atomic E-state index is 12.3. The van der Waals surface area contributed by atoms with Crippen molar-refractivity contribution in [1.82, 2.24) is 14.9 Å². The number of benzene rings is 1. The molecule has 1 aromatic carbocycles. The second-order valence-electron chi connectivity index (χ2n) is 5.76. The summed E-state index contributed by atoms with van der Waals surface area (Å²) in [5, 5.41) is 9.83. The molecule has 0 aliphatic rings. The SMILES string of the molecule is CC(C)Oc1ccc(S(=O)(=O)NCCc2nnc(-c3cccs3)o2)cc1. The predicted molar refractivity (Wildman–Crippen MR) is 98.7 cm³/mol. The van der Waals surface area contributed by atoms with Crippen LogP contribution in [0.25, 0.3) is 10.8 Å². The molecule has 0 amide bonds. The van der Waals surface area contributed by atoms with Crippen LogP contribution < -0.4 is 9.46 Å². The van der Waals surface area contributed by atoms with E-state index in [1.54, 1.807) is 12.1 Å². The van der Waals surface area contributed by atoms with Crippen LogP contribution in [0.15, 0.2) is 51.1 Å². The van der Waals surface area contributed by atoms with Crippen molar-refractivity contribution in [2.45, 2.75) is 31.3 Å². The fraction of sp³-hybridized carbons (Fsp3) is 0.294. The Labute approximate surface area is 156 Å². The third kappa shape index (κ3) is 4.69. The van der Waals surface area contributed by atoms with Crippen LogP contribution in [0.1, 0.15) is 19.7 Å². The highest BCUT2D eigenvalue weighted by atomic mass is 32.2. The van der Waals surface area contributed by atoms with E-state index in [9.17, 15) is 8.42 Å². The molecule has 1 N–H and O–H groups in total. The van der Waals surface area contributed by atoms with Crippen molar-refractivity contribution >= 4 is 21.4 Å². The summed E-state index contributed by atoms with van der Waals surface area (Å²) >= 11 is 1.50. The summed E-state index contributed by atoms with van der Waals surface area (Å²) in [5.41, 5.74) is 0. The van der Waals surface area contributed by atoms with Crippen LogP contribution in [0, 0.1) is 0 Å². The fourth-order valence-corrected chi connectivity index (χ4v) is 3.88. The first-order valence-corrected chi connectivity index (χ1v) is 10.4. The molecule has 0 fully saturated rings. The van der Waals surface area contributed by atoms with Crippen molar-refractivity contribution in [3.05, 3.63) is 47.7 Å². The molecule has 0 saturated carbocycles. The van der Waals surface area contributed by atoms with E-state index in [-0.39, 0.29) is 17.5 Å². The van der Waals surface area contributed by atoms with Crippen LogP contribution in [0.4, 0.5) is 0 Å². The van der Waals surface area contributed by atoms with Gasteiger partial charge in [0.2, 0.25) is 15.9 Å². The van der Waals surface area contributed by atoms with Gasteiger partial charge in [0.15, 0.2) is 0 Å². The van der Waals surface area contributed by atoms with E-state index < -0.39 is 10.0 Å². The molecular formula is C17H19N3O4S2. The van der Waals surface area contributed by atoms with E-state index >= 15 is 0 Å². The Hall–Kier alpha value is -2.23. The highest BCUT2D eigenvalue weighted by Crippen LogP contribution is 2.23. The second-order valence-corrected chi connectivity index (χ2v) is 8.48. The minimum absolute atomic E-state index is 0.0315. The van der Waals surface area contributed by atoms with Crippen molar-refractivity contribution < 1.29 is 17.6 Å². The van der Waals surface area contributed by atoms with E-state index in [1.165, 1.54) is 23.5 Å². The Morgan fingerprint density at radius 1 is 1.19 bits per heavy atom. The van der Waals surface area contributed by atoms with Gasteiger partial charge < -0.3 is 9.15 Å². The number of sulfonamides is 1. The maximum absolute atomic E-state index is 12.3. The van der Waals surface area contributed by atoms with Crippen LogP contribution in [0.3, 0.4) is 0 Å². The van der Waals surface area contributed by atoms with Gasteiger partial charge in [0, 0.05) is 13.0 Å². The number of nitrogens with zero attached hydrogens (tertiary/aromatic N) is 2. The highest BCUT2D eigenvalue weighted by molar-refractivity contribution is 7.89. The first-order chi connectivity index (χ1) is 12.4. The van der Waals surface area contributed by atoms with E-state index in [0.717, 1.165) is 4.88 Å². The Morgan fingerprint density at radius 3 is 2.62 bits per heavy atom. The molecule has 26 heavy (non-hydrogen) atoms. The molecule has 0 aliphatic carbocycles. The number of hydrogen-bond acceptors (Lipinski definition) is 7. The Kier molecular flexibility index (Phi) is 5.70. The molecular weight excluding hydrogens is 374 g/mol. The number of rotatable bonds is 8. The number of ether oxygens (including phenoxy) is 1. The van der Waals surface area contributed by atoms with Crippen LogP contribution in [0.2, 0.25) is 0 Å². The minimum atomic E-state index is -3.61. The molecule has 0 aliphatic heterocycles. The average molecular weight is 393 g/mol. The van der Waals surface area contributed by atoms with Crippen LogP contribution in [0.5, 0.6) is 5.75 Å². The summed E-state index contributed by atoms with van der Waals surface area (Å²) in [7, 11) is -3.61. The summed E-state index contributed by atoms with van der Waals surface area (Å²) in [6, 6.07) is 10.1. The molecule has 0 bridgehead atoms. The van der Waals surface area contributed by atoms with E-state index in [0.29, 0.717) is 24.0 Å². The van der Waals surface area contributed by atoms with Crippen molar-refractivity contribution in [3.63, 3.8) is 0 Å². The molecule has 7 nitrogen and oxygen atoms in total. The van der Waals surface area contributed by atoms with Gasteiger partial charge in [0.05, 0.1) is 15.9 Å². The first kappa shape index (κ1) is 18.6. The largest absolute Gasteiger partial charge is 0.491 e. The number of nitrogens with one attached hydrogen (secondary N) is 1. The van der Waals surface area contributed by atoms with E-state index in [1.807, 2.05) is 31.4 Å². The molecule has 3 rings (SSSR count). The third-order valence-corrected chi connectivity index (χ3v) is 5.67. The summed E-state index contributed by atoms with van der Waals surface area (Å²) < 4.78 is 38.2. The maximum Gasteiger partial charge on any atom is 0.257 e. The van der Waals surface area contributed by atoms with Crippen LogP contribution in [-0.4, -0.2) is 31.3 Å². The average Bonchev–Trinajstić information content (AvgIpc) is 3.26. The summed E-state index contributed by atoms with van der Waals surface area (Å²) in [4.78, 5) is 1.06. The van der Waals surface area contributed by atoms with Gasteiger partial charge >= 0.3 is 0 Å². The Morgan fingerprint density at radius 2 is 1.96 bits per heavy atom. The predicted octanol–water partition coefficient (Wildman–Crippen LogP) is 3.11. The number of hydrogen-bond donors (Lipinski definition) is 1. The van der Waals surface area contributed by atoms with Crippen molar-refractivity contribution in [2.75, 3.05) is 6.54 Å². The van der Waals surface area contributed by atoms with Gasteiger partial charge in [-0.2, -0.15) is 0 Å². The molecule has 138 valence electrons. The lowest BCUT2D eigenvalue weighted by molar-refractivity contribution is 0.242. The smallest absolute Gasteiger partial charge is 0.257 e. The zero-order valence-electron chi connectivity index (χ0n) is 14.4. The fourth-order valence-electron chi connectivity index (χ4n) is 2.20. The topological polar surface area (TPSA) is 94.3 Å². The molecule has 9 heteroatoms. The lowest BCUT2D eigenvalue weighted by Gasteiger charge is -2.10. The van der Waals surface area contributed by atoms with Gasteiger partial charge in [0.1, 0.15) is 5.75 Å². The monoisotopic (exact) mass is 393 g/mol. The lowest BCUT2D eigenvalue weighted by atomic mass is 10.3. The van der Waals surface area contributed by atoms with E-state index in [2.05, 4.69) is 14.9 Å². The quantitative estimate of drug-likeness (QED) is 0.632. The summed E-state index contributed by atoms with van der Waals surface area (Å²) in [5.74, 6) is 1.46. The Bertz CT molecular complexity index is 933. The van der Waals surface area contributed by atoms with Crippen molar-refractivity contribution in [3.8, 4) is 16.5 Å². The van der Waals surface area contributed by atoms with Gasteiger partial charge in [-0.25, -0.2) is 13.1 Å². The van der Waals surface area contributed by atoms with Crippen molar-refractivity contribution in [2.24, 2.45) is 0 Å². The molecule has 0 atom stereocenters. The zero-order chi connectivity index (χ0) is 18.6. The molecule has 0 spiro atoms. The van der Waals surface area contributed by atoms with Gasteiger partial charge in [-0.1, -0.05) is 6.07 Å². The number of aromatic nitrogens is 2. The number of thiophene rings is 1. The standard InChI is InChI=1S/C17H19N3O4S2/c1-12(2)23-13-5-7-14(8-6-13)26(21,22)18-10-9-16-19-20-17(24-16)15-4-3-11-25-15/h3-8,11-12,18H,9-10H2,1-2H3. The van der Waals surface area contributed by atoms with Gasteiger partial charge in [0.25, 0.3) is 5.89 Å². The van der Waals surface area contributed by atoms with Crippen molar-refractivity contribution in [1.29, 1.82) is 0 Å². The first-order valence-electron chi connectivity index (χ1n) is 8.07. The minimum Gasteiger partial charge on any atom is -0.491 e. The summed E-state index contributed by atoms with van der Waals surface area (Å²) in [6.07, 6.45) is 0.343. The highest BCUT2D eigenvalue weighted by Gasteiger charge is 2.15. The normalized spacial score (nSPS) is 11.8. The molecule has 0 saturated heterocycles. The molecule has 2 aromatic heterocycles. The molecule has 2 heterocycles. The molecule has 0 radical (unpaired) electrons. The summed E-state index contributed by atoms with van der Waals surface area (Å²) in [6.45, 7) is 3.99. The van der Waals surface area contributed by atoms with Crippen LogP contribution in [-0.2, 0) is 16.4 Å². The Balaban J connectivity index is 1.57. The zero-order valence-corrected chi connectivity index (χ0v) is 16.0. The third-order valence-electron chi connectivity index (χ3n) is 3.34. The molecule has 0 unspecified atom stereocenters. The van der Waals surface area contributed by atoms with Crippen LogP contribution >= 0.6 is 11.3 Å². The lowest BCUT2D eigenvalue weighted by Crippen LogP contribution is -2.26. The van der Waals surface area contributed by atoms with Gasteiger partial charge in [-0.15, -0.1) is 21.5 Å². The second kappa shape index (κ2) is 7.98.